The van der Waals surface area contributed by atoms with Gasteiger partial charge in [-0.3, -0.25) is 14.4 Å². The van der Waals surface area contributed by atoms with E-state index < -0.39 is 0 Å². The number of piperazine rings is 1. The Morgan fingerprint density at radius 3 is 1.76 bits per heavy atom. The summed E-state index contributed by atoms with van der Waals surface area (Å²) in [7, 11) is 0. The summed E-state index contributed by atoms with van der Waals surface area (Å²) in [5.41, 5.74) is 3.93. The largest absolute Gasteiger partial charge is 0.369 e. The van der Waals surface area contributed by atoms with Crippen LogP contribution in [0.4, 0.5) is 17.1 Å². The zero-order valence-electron chi connectivity index (χ0n) is 20.1. The second kappa shape index (κ2) is 11.2. The standard InChI is InChI=1S/C29H26N4O3S/c34-27(21-5-11-24(12-6-21)32-29(36)26-2-1-19-37-26)20-3-9-23(10-4-20)31-28(35)22-7-13-25(14-8-22)33-17-15-30-16-18-33/h1-14,19,30H,15-18H2,(H,31,35)(H,32,36). The first-order chi connectivity index (χ1) is 18.1. The third kappa shape index (κ3) is 5.94. The Morgan fingerprint density at radius 2 is 1.22 bits per heavy atom. The number of nitrogens with one attached hydrogen (secondary N) is 3. The van der Waals surface area contributed by atoms with Crippen molar-refractivity contribution in [2.75, 3.05) is 41.7 Å². The molecule has 0 saturated carbocycles. The van der Waals surface area contributed by atoms with Gasteiger partial charge in [-0.1, -0.05) is 6.07 Å². The van der Waals surface area contributed by atoms with Gasteiger partial charge < -0.3 is 20.9 Å². The lowest BCUT2D eigenvalue weighted by atomic mass is 10.0. The van der Waals surface area contributed by atoms with Gasteiger partial charge in [0.1, 0.15) is 0 Å². The lowest BCUT2D eigenvalue weighted by molar-refractivity contribution is 0.102. The van der Waals surface area contributed by atoms with Gasteiger partial charge in [-0.25, -0.2) is 0 Å². The van der Waals surface area contributed by atoms with E-state index in [0.29, 0.717) is 32.9 Å². The third-order valence-electron chi connectivity index (χ3n) is 6.17. The highest BCUT2D eigenvalue weighted by molar-refractivity contribution is 7.12. The molecule has 3 N–H and O–H groups in total. The van der Waals surface area contributed by atoms with E-state index in [1.165, 1.54) is 11.3 Å². The fraction of sp³-hybridized carbons (Fsp3) is 0.138. The smallest absolute Gasteiger partial charge is 0.265 e. The van der Waals surface area contributed by atoms with Crippen molar-refractivity contribution < 1.29 is 14.4 Å². The first-order valence-electron chi connectivity index (χ1n) is 12.0. The first-order valence-corrected chi connectivity index (χ1v) is 12.9. The van der Waals surface area contributed by atoms with Crippen molar-refractivity contribution in [1.29, 1.82) is 0 Å². The van der Waals surface area contributed by atoms with E-state index in [2.05, 4.69) is 20.9 Å². The molecule has 1 aliphatic rings. The molecule has 0 atom stereocenters. The SMILES string of the molecule is O=C(Nc1ccc(C(=O)c2ccc(NC(=O)c3cccs3)cc2)cc1)c1ccc(N2CCNCC2)cc1. The minimum Gasteiger partial charge on any atom is -0.369 e. The molecule has 37 heavy (non-hydrogen) atoms. The molecule has 0 spiro atoms. The zero-order valence-corrected chi connectivity index (χ0v) is 20.9. The number of ketones is 1. The number of anilines is 3. The van der Waals surface area contributed by atoms with Crippen LogP contribution in [-0.2, 0) is 0 Å². The van der Waals surface area contributed by atoms with Crippen molar-refractivity contribution in [1.82, 2.24) is 5.32 Å². The number of thiophene rings is 1. The van der Waals surface area contributed by atoms with Gasteiger partial charge in [0.25, 0.3) is 11.8 Å². The zero-order chi connectivity index (χ0) is 25.6. The minimum atomic E-state index is -0.203. The van der Waals surface area contributed by atoms with E-state index in [1.807, 2.05) is 35.7 Å². The monoisotopic (exact) mass is 510 g/mol. The van der Waals surface area contributed by atoms with Crippen LogP contribution in [0.5, 0.6) is 0 Å². The number of carbonyl (C=O) groups is 3. The Balaban J connectivity index is 1.18. The average Bonchev–Trinajstić information content (AvgIpc) is 3.50. The Hall–Kier alpha value is -4.27. The highest BCUT2D eigenvalue weighted by Crippen LogP contribution is 2.20. The molecule has 1 saturated heterocycles. The summed E-state index contributed by atoms with van der Waals surface area (Å²) < 4.78 is 0. The van der Waals surface area contributed by atoms with Gasteiger partial charge in [0.05, 0.1) is 4.88 Å². The molecule has 4 aromatic rings. The highest BCUT2D eigenvalue weighted by Gasteiger charge is 2.14. The molecule has 0 aliphatic carbocycles. The summed E-state index contributed by atoms with van der Waals surface area (Å²) in [5, 5.41) is 10.9. The van der Waals surface area contributed by atoms with Crippen LogP contribution in [0, 0.1) is 0 Å². The van der Waals surface area contributed by atoms with Crippen molar-refractivity contribution in [3.8, 4) is 0 Å². The van der Waals surface area contributed by atoms with Crippen LogP contribution in [0.3, 0.4) is 0 Å². The number of carbonyl (C=O) groups excluding carboxylic acids is 3. The van der Waals surface area contributed by atoms with Gasteiger partial charge in [-0.15, -0.1) is 11.3 Å². The third-order valence-corrected chi connectivity index (χ3v) is 7.04. The van der Waals surface area contributed by atoms with Crippen LogP contribution in [0.25, 0.3) is 0 Å². The van der Waals surface area contributed by atoms with Gasteiger partial charge in [0, 0.05) is 59.9 Å². The van der Waals surface area contributed by atoms with E-state index >= 15 is 0 Å². The molecular weight excluding hydrogens is 484 g/mol. The maximum Gasteiger partial charge on any atom is 0.265 e. The van der Waals surface area contributed by atoms with Crippen LogP contribution in [-0.4, -0.2) is 43.8 Å². The Kier molecular flexibility index (Phi) is 7.39. The fourth-order valence-electron chi connectivity index (χ4n) is 4.13. The maximum atomic E-state index is 12.9. The number of rotatable bonds is 7. The van der Waals surface area contributed by atoms with Crippen molar-refractivity contribution in [2.24, 2.45) is 0 Å². The van der Waals surface area contributed by atoms with Crippen LogP contribution < -0.4 is 20.9 Å². The van der Waals surface area contributed by atoms with Gasteiger partial charge in [-0.2, -0.15) is 0 Å². The molecule has 0 bridgehead atoms. The minimum absolute atomic E-state index is 0.141. The molecule has 1 aliphatic heterocycles. The van der Waals surface area contributed by atoms with E-state index in [0.717, 1.165) is 31.9 Å². The quantitative estimate of drug-likeness (QED) is 0.308. The summed E-state index contributed by atoms with van der Waals surface area (Å²) >= 11 is 1.37. The van der Waals surface area contributed by atoms with Crippen LogP contribution >= 0.6 is 11.3 Å². The van der Waals surface area contributed by atoms with Crippen molar-refractivity contribution in [3.05, 3.63) is 112 Å². The maximum absolute atomic E-state index is 12.9. The number of amides is 2. The fourth-order valence-corrected chi connectivity index (χ4v) is 4.75. The molecule has 5 rings (SSSR count). The molecule has 0 unspecified atom stereocenters. The number of nitrogens with zero attached hydrogens (tertiary/aromatic N) is 1. The van der Waals surface area contributed by atoms with Crippen LogP contribution in [0.2, 0.25) is 0 Å². The molecule has 2 heterocycles. The Labute approximate surface area is 219 Å². The molecule has 186 valence electrons. The van der Waals surface area contributed by atoms with Gasteiger partial charge in [-0.05, 0) is 84.2 Å². The normalized spacial score (nSPS) is 13.1. The molecular formula is C29H26N4O3S. The van der Waals surface area contributed by atoms with Gasteiger partial charge in [0.15, 0.2) is 5.78 Å². The number of benzene rings is 3. The van der Waals surface area contributed by atoms with E-state index in [1.54, 1.807) is 54.6 Å². The molecule has 7 nitrogen and oxygen atoms in total. The molecule has 1 fully saturated rings. The molecule has 2 amide bonds. The predicted octanol–water partition coefficient (Wildman–Crippen LogP) is 4.89. The highest BCUT2D eigenvalue weighted by atomic mass is 32.1. The second-order valence-electron chi connectivity index (χ2n) is 8.65. The van der Waals surface area contributed by atoms with E-state index in [4.69, 9.17) is 0 Å². The molecule has 3 aromatic carbocycles. The number of hydrogen-bond acceptors (Lipinski definition) is 6. The van der Waals surface area contributed by atoms with Crippen LogP contribution in [0.1, 0.15) is 36.0 Å². The van der Waals surface area contributed by atoms with Crippen molar-refractivity contribution >= 4 is 46.0 Å². The summed E-state index contributed by atoms with van der Waals surface area (Å²) in [5.74, 6) is -0.522. The second-order valence-corrected chi connectivity index (χ2v) is 9.60. The lowest BCUT2D eigenvalue weighted by Crippen LogP contribution is -2.43. The summed E-state index contributed by atoms with van der Waals surface area (Å²) in [6.07, 6.45) is 0. The van der Waals surface area contributed by atoms with Crippen LogP contribution in [0.15, 0.2) is 90.3 Å². The molecule has 8 heteroatoms. The van der Waals surface area contributed by atoms with Crippen molar-refractivity contribution in [3.63, 3.8) is 0 Å². The summed E-state index contributed by atoms with van der Waals surface area (Å²) in [4.78, 5) is 40.7. The van der Waals surface area contributed by atoms with E-state index in [-0.39, 0.29) is 17.6 Å². The predicted molar refractivity (Wildman–Crippen MR) is 148 cm³/mol. The van der Waals surface area contributed by atoms with Gasteiger partial charge >= 0.3 is 0 Å². The average molecular weight is 511 g/mol. The topological polar surface area (TPSA) is 90.5 Å². The van der Waals surface area contributed by atoms with Gasteiger partial charge in [0.2, 0.25) is 0 Å². The van der Waals surface area contributed by atoms with Crippen molar-refractivity contribution in [2.45, 2.75) is 0 Å². The summed E-state index contributed by atoms with van der Waals surface area (Å²) in [6.45, 7) is 3.82. The lowest BCUT2D eigenvalue weighted by Gasteiger charge is -2.29. The molecule has 1 aromatic heterocycles. The summed E-state index contributed by atoms with van der Waals surface area (Å²) in [6, 6.07) is 24.8. The number of hydrogen-bond donors (Lipinski definition) is 3. The molecule has 0 radical (unpaired) electrons. The first kappa shape index (κ1) is 24.4. The Bertz CT molecular complexity index is 1380. The van der Waals surface area contributed by atoms with E-state index in [9.17, 15) is 14.4 Å². The Morgan fingerprint density at radius 1 is 0.676 bits per heavy atom.